The Hall–Kier alpha value is -4.04. The summed E-state index contributed by atoms with van der Waals surface area (Å²) in [6.45, 7) is 3.97. The second-order valence-electron chi connectivity index (χ2n) is 9.29. The van der Waals surface area contributed by atoms with Crippen LogP contribution in [0.25, 0.3) is 5.76 Å². The van der Waals surface area contributed by atoms with Crippen LogP contribution in [-0.2, 0) is 16.0 Å². The number of ether oxygens (including phenoxy) is 3. The number of halogens is 2. The van der Waals surface area contributed by atoms with Gasteiger partial charge in [-0.05, 0) is 61.7 Å². The van der Waals surface area contributed by atoms with E-state index in [1.807, 2.05) is 13.8 Å². The van der Waals surface area contributed by atoms with Gasteiger partial charge < -0.3 is 24.2 Å². The number of methoxy groups -OCH3 is 2. The first-order valence-electron chi connectivity index (χ1n) is 12.4. The lowest BCUT2D eigenvalue weighted by molar-refractivity contribution is -0.139. The summed E-state index contributed by atoms with van der Waals surface area (Å²) in [7, 11) is 2.85. The van der Waals surface area contributed by atoms with Gasteiger partial charge in [-0.1, -0.05) is 35.9 Å². The quantitative estimate of drug-likeness (QED) is 0.200. The number of ketones is 1. The number of aliphatic hydroxyl groups is 1. The van der Waals surface area contributed by atoms with Crippen LogP contribution in [0, 0.1) is 5.82 Å². The first-order valence-corrected chi connectivity index (χ1v) is 12.7. The largest absolute Gasteiger partial charge is 0.507 e. The highest BCUT2D eigenvalue weighted by Gasteiger charge is 2.46. The molecule has 1 saturated heterocycles. The number of aliphatic hydroxyl groups excluding tert-OH is 1. The van der Waals surface area contributed by atoms with Crippen LogP contribution in [0.15, 0.2) is 66.2 Å². The molecule has 0 radical (unpaired) electrons. The van der Waals surface area contributed by atoms with E-state index in [1.54, 1.807) is 36.4 Å². The third kappa shape index (κ3) is 5.86. The standard InChI is InChI=1S/C30H29ClFNO6/c1-17(2)39-21-11-7-19(8-12-21)27-26(28(34)22-15-23(31)25(38-4)16-24(22)37-3)29(35)30(36)33(27)14-13-18-5-9-20(32)10-6-18/h5-12,15-17,27,34H,13-14H2,1-4H3/b28-26+. The summed E-state index contributed by atoms with van der Waals surface area (Å²) < 4.78 is 29.8. The number of nitrogens with zero attached hydrogens (tertiary/aromatic N) is 1. The molecule has 0 spiro atoms. The number of rotatable bonds is 9. The molecule has 39 heavy (non-hydrogen) atoms. The van der Waals surface area contributed by atoms with Gasteiger partial charge in [-0.3, -0.25) is 9.59 Å². The molecule has 0 aliphatic carbocycles. The van der Waals surface area contributed by atoms with Gasteiger partial charge >= 0.3 is 0 Å². The van der Waals surface area contributed by atoms with Crippen molar-refractivity contribution in [1.82, 2.24) is 4.90 Å². The van der Waals surface area contributed by atoms with Crippen LogP contribution in [-0.4, -0.2) is 48.6 Å². The van der Waals surface area contributed by atoms with Gasteiger partial charge in [0.25, 0.3) is 11.7 Å². The van der Waals surface area contributed by atoms with Gasteiger partial charge in [-0.15, -0.1) is 0 Å². The third-order valence-electron chi connectivity index (χ3n) is 6.39. The molecule has 3 aromatic carbocycles. The summed E-state index contributed by atoms with van der Waals surface area (Å²) in [5.41, 5.74) is 1.44. The molecule has 1 N–H and O–H groups in total. The van der Waals surface area contributed by atoms with Crippen molar-refractivity contribution in [3.05, 3.63) is 93.8 Å². The summed E-state index contributed by atoms with van der Waals surface area (Å²) in [6.07, 6.45) is 0.334. The Labute approximate surface area is 231 Å². The summed E-state index contributed by atoms with van der Waals surface area (Å²) >= 11 is 6.33. The van der Waals surface area contributed by atoms with Crippen LogP contribution in [0.2, 0.25) is 5.02 Å². The van der Waals surface area contributed by atoms with Crippen molar-refractivity contribution in [3.8, 4) is 17.2 Å². The highest BCUT2D eigenvalue weighted by Crippen LogP contribution is 2.43. The summed E-state index contributed by atoms with van der Waals surface area (Å²) in [5.74, 6) is -1.23. The zero-order chi connectivity index (χ0) is 28.3. The molecule has 1 aliphatic heterocycles. The number of hydrogen-bond acceptors (Lipinski definition) is 6. The molecule has 3 aromatic rings. The van der Waals surface area contributed by atoms with Crippen molar-refractivity contribution in [3.63, 3.8) is 0 Å². The van der Waals surface area contributed by atoms with E-state index < -0.39 is 23.5 Å². The Kier molecular flexibility index (Phi) is 8.45. The lowest BCUT2D eigenvalue weighted by atomic mass is 9.94. The van der Waals surface area contributed by atoms with Crippen molar-refractivity contribution in [2.24, 2.45) is 0 Å². The van der Waals surface area contributed by atoms with Crippen molar-refractivity contribution in [2.75, 3.05) is 20.8 Å². The van der Waals surface area contributed by atoms with Crippen LogP contribution in [0.3, 0.4) is 0 Å². The fourth-order valence-electron chi connectivity index (χ4n) is 4.55. The molecular formula is C30H29ClFNO6. The molecule has 1 heterocycles. The van der Waals surface area contributed by atoms with Crippen molar-refractivity contribution >= 4 is 29.1 Å². The lowest BCUT2D eigenvalue weighted by Gasteiger charge is -2.26. The summed E-state index contributed by atoms with van der Waals surface area (Å²) in [5, 5.41) is 11.7. The molecule has 1 fully saturated rings. The van der Waals surface area contributed by atoms with E-state index >= 15 is 0 Å². The molecule has 9 heteroatoms. The predicted octanol–water partition coefficient (Wildman–Crippen LogP) is 5.95. The van der Waals surface area contributed by atoms with Crippen molar-refractivity contribution in [1.29, 1.82) is 0 Å². The zero-order valence-corrected chi connectivity index (χ0v) is 22.8. The van der Waals surface area contributed by atoms with E-state index in [-0.39, 0.29) is 40.4 Å². The maximum atomic E-state index is 13.4. The average Bonchev–Trinajstić information content (AvgIpc) is 3.17. The van der Waals surface area contributed by atoms with E-state index in [9.17, 15) is 19.1 Å². The van der Waals surface area contributed by atoms with Crippen molar-refractivity contribution < 1.29 is 33.3 Å². The Bertz CT molecular complexity index is 1400. The summed E-state index contributed by atoms with van der Waals surface area (Å²) in [4.78, 5) is 28.1. The van der Waals surface area contributed by atoms with Crippen LogP contribution < -0.4 is 14.2 Å². The number of hydrogen-bond donors (Lipinski definition) is 1. The smallest absolute Gasteiger partial charge is 0.295 e. The molecule has 1 aliphatic rings. The Balaban J connectivity index is 1.82. The first-order chi connectivity index (χ1) is 18.6. The monoisotopic (exact) mass is 553 g/mol. The minimum absolute atomic E-state index is 0.0375. The predicted molar refractivity (Wildman–Crippen MR) is 146 cm³/mol. The van der Waals surface area contributed by atoms with Gasteiger partial charge in [0.1, 0.15) is 28.8 Å². The van der Waals surface area contributed by atoms with Crippen LogP contribution in [0.5, 0.6) is 17.2 Å². The van der Waals surface area contributed by atoms with E-state index in [0.29, 0.717) is 23.5 Å². The van der Waals surface area contributed by atoms with Gasteiger partial charge in [0.2, 0.25) is 0 Å². The highest BCUT2D eigenvalue weighted by molar-refractivity contribution is 6.46. The molecule has 1 amide bonds. The fourth-order valence-corrected chi connectivity index (χ4v) is 4.79. The minimum Gasteiger partial charge on any atom is -0.507 e. The molecule has 0 aromatic heterocycles. The Morgan fingerprint density at radius 3 is 2.23 bits per heavy atom. The van der Waals surface area contributed by atoms with Gasteiger partial charge in [0.05, 0.1) is 42.5 Å². The van der Waals surface area contributed by atoms with Gasteiger partial charge in [-0.25, -0.2) is 4.39 Å². The van der Waals surface area contributed by atoms with Crippen LogP contribution in [0.1, 0.15) is 36.6 Å². The second-order valence-corrected chi connectivity index (χ2v) is 9.70. The number of likely N-dealkylation sites (tertiary alicyclic amines) is 1. The summed E-state index contributed by atoms with van der Waals surface area (Å²) in [6, 6.07) is 15.0. The molecule has 0 bridgehead atoms. The number of benzene rings is 3. The number of amides is 1. The maximum Gasteiger partial charge on any atom is 0.295 e. The fraction of sp³-hybridized carbons (Fsp3) is 0.267. The molecule has 204 valence electrons. The zero-order valence-electron chi connectivity index (χ0n) is 22.0. The molecule has 1 unspecified atom stereocenters. The van der Waals surface area contributed by atoms with E-state index in [2.05, 4.69) is 0 Å². The van der Waals surface area contributed by atoms with E-state index in [1.165, 1.54) is 43.4 Å². The third-order valence-corrected chi connectivity index (χ3v) is 6.69. The minimum atomic E-state index is -0.899. The molecule has 7 nitrogen and oxygen atoms in total. The Morgan fingerprint density at radius 1 is 1.00 bits per heavy atom. The first kappa shape index (κ1) is 28.0. The topological polar surface area (TPSA) is 85.3 Å². The Morgan fingerprint density at radius 2 is 1.64 bits per heavy atom. The second kappa shape index (κ2) is 11.8. The molecule has 1 atom stereocenters. The number of carbonyl (C=O) groups excluding carboxylic acids is 2. The van der Waals surface area contributed by atoms with E-state index in [0.717, 1.165) is 5.56 Å². The SMILES string of the molecule is COc1cc(OC)c(/C(O)=C2\C(=O)C(=O)N(CCc3ccc(F)cc3)C2c2ccc(OC(C)C)cc2)cc1Cl. The van der Waals surface area contributed by atoms with Gasteiger partial charge in [0, 0.05) is 12.6 Å². The van der Waals surface area contributed by atoms with Crippen LogP contribution in [0.4, 0.5) is 4.39 Å². The maximum absolute atomic E-state index is 13.4. The normalized spacial score (nSPS) is 16.6. The van der Waals surface area contributed by atoms with Gasteiger partial charge in [0.15, 0.2) is 0 Å². The molecule has 4 rings (SSSR count). The lowest BCUT2D eigenvalue weighted by Crippen LogP contribution is -2.31. The highest BCUT2D eigenvalue weighted by atomic mass is 35.5. The number of Topliss-reactive ketones (excluding diaryl/α,β-unsaturated/α-hetero) is 1. The average molecular weight is 554 g/mol. The van der Waals surface area contributed by atoms with Gasteiger partial charge in [-0.2, -0.15) is 0 Å². The van der Waals surface area contributed by atoms with E-state index in [4.69, 9.17) is 25.8 Å². The van der Waals surface area contributed by atoms with Crippen LogP contribution >= 0.6 is 11.6 Å². The van der Waals surface area contributed by atoms with Crippen molar-refractivity contribution in [2.45, 2.75) is 32.4 Å². The number of carbonyl (C=O) groups is 2. The molecular weight excluding hydrogens is 525 g/mol. The molecule has 0 saturated carbocycles.